The van der Waals surface area contributed by atoms with Gasteiger partial charge in [-0.15, -0.1) is 0 Å². The van der Waals surface area contributed by atoms with Crippen molar-refractivity contribution in [3.8, 4) is 5.75 Å². The van der Waals surface area contributed by atoms with Crippen molar-refractivity contribution in [3.05, 3.63) is 30.0 Å². The number of benzene rings is 1. The third-order valence-electron chi connectivity index (χ3n) is 5.12. The summed E-state index contributed by atoms with van der Waals surface area (Å²) in [6.45, 7) is 0. The quantitative estimate of drug-likeness (QED) is 0.919. The Hall–Kier alpha value is -2.02. The van der Waals surface area contributed by atoms with Crippen LogP contribution < -0.4 is 10.1 Å². The van der Waals surface area contributed by atoms with E-state index >= 15 is 0 Å². The largest absolute Gasteiger partial charge is 0.493 e. The minimum Gasteiger partial charge on any atom is -0.493 e. The third-order valence-corrected chi connectivity index (χ3v) is 7.84. The minimum absolute atomic E-state index is 0.117. The molecule has 1 N–H and O–H groups in total. The Kier molecular flexibility index (Phi) is 3.56. The van der Waals surface area contributed by atoms with E-state index in [1.54, 1.807) is 19.2 Å². The van der Waals surface area contributed by atoms with Gasteiger partial charge in [-0.3, -0.25) is 4.79 Å². The average Bonchev–Trinajstić information content (AvgIpc) is 3.01. The molecule has 2 bridgehead atoms. The lowest BCUT2D eigenvalue weighted by atomic mass is 10.1. The second kappa shape index (κ2) is 5.51. The first kappa shape index (κ1) is 15.5. The van der Waals surface area contributed by atoms with Crippen LogP contribution in [-0.4, -0.2) is 38.0 Å². The van der Waals surface area contributed by atoms with E-state index in [9.17, 15) is 13.2 Å². The summed E-state index contributed by atoms with van der Waals surface area (Å²) in [5.74, 6) is 0.487. The van der Waals surface area contributed by atoms with Crippen molar-refractivity contribution in [2.45, 2.75) is 42.2 Å². The molecule has 7 heteroatoms. The predicted molar refractivity (Wildman–Crippen MR) is 89.0 cm³/mol. The van der Waals surface area contributed by atoms with Crippen LogP contribution in [0.5, 0.6) is 5.75 Å². The molecule has 0 saturated carbocycles. The maximum absolute atomic E-state index is 12.5. The van der Waals surface area contributed by atoms with Crippen LogP contribution in [0.25, 0.3) is 11.0 Å². The van der Waals surface area contributed by atoms with Gasteiger partial charge in [-0.1, -0.05) is 12.1 Å². The van der Waals surface area contributed by atoms with Gasteiger partial charge in [0, 0.05) is 11.4 Å². The highest BCUT2D eigenvalue weighted by Gasteiger charge is 2.47. The number of fused-ring (bicyclic) bond motifs is 3. The Morgan fingerprint density at radius 3 is 2.62 bits per heavy atom. The first-order valence-electron chi connectivity index (χ1n) is 8.09. The van der Waals surface area contributed by atoms with Gasteiger partial charge >= 0.3 is 0 Å². The van der Waals surface area contributed by atoms with Gasteiger partial charge < -0.3 is 14.5 Å². The second-order valence-corrected chi connectivity index (χ2v) is 9.05. The number of para-hydroxylation sites is 1. The molecule has 2 aliphatic rings. The Morgan fingerprint density at radius 2 is 1.96 bits per heavy atom. The number of amides is 1. The molecule has 0 aliphatic carbocycles. The van der Waals surface area contributed by atoms with Crippen LogP contribution in [0.2, 0.25) is 0 Å². The van der Waals surface area contributed by atoms with Crippen LogP contribution >= 0.6 is 0 Å². The fourth-order valence-electron chi connectivity index (χ4n) is 3.89. The van der Waals surface area contributed by atoms with Crippen molar-refractivity contribution < 1.29 is 22.4 Å². The van der Waals surface area contributed by atoms with Crippen LogP contribution in [0.1, 0.15) is 36.2 Å². The lowest BCUT2D eigenvalue weighted by Crippen LogP contribution is -2.45. The van der Waals surface area contributed by atoms with Gasteiger partial charge in [0.15, 0.2) is 26.9 Å². The number of hydrogen-bond donors (Lipinski definition) is 1. The molecule has 2 aliphatic heterocycles. The van der Waals surface area contributed by atoms with Crippen molar-refractivity contribution >= 4 is 26.7 Å². The van der Waals surface area contributed by atoms with E-state index in [0.29, 0.717) is 37.0 Å². The molecule has 0 spiro atoms. The molecule has 3 heterocycles. The summed E-state index contributed by atoms with van der Waals surface area (Å²) in [6, 6.07) is 7.03. The molecule has 128 valence electrons. The van der Waals surface area contributed by atoms with Crippen LogP contribution in [-0.2, 0) is 9.84 Å². The smallest absolute Gasteiger partial charge is 0.287 e. The number of sulfone groups is 1. The molecule has 1 amide bonds. The molecule has 0 radical (unpaired) electrons. The Labute approximate surface area is 140 Å². The summed E-state index contributed by atoms with van der Waals surface area (Å²) in [6.07, 6.45) is 2.41. The fraction of sp³-hybridized carbons (Fsp3) is 0.471. The summed E-state index contributed by atoms with van der Waals surface area (Å²) < 4.78 is 35.1. The van der Waals surface area contributed by atoms with E-state index in [1.807, 2.05) is 12.1 Å². The fourth-order valence-corrected chi connectivity index (χ4v) is 6.37. The monoisotopic (exact) mass is 349 g/mol. The highest BCUT2D eigenvalue weighted by atomic mass is 32.2. The molecule has 1 aromatic heterocycles. The van der Waals surface area contributed by atoms with Crippen molar-refractivity contribution in [1.29, 1.82) is 0 Å². The van der Waals surface area contributed by atoms with Crippen molar-refractivity contribution in [1.82, 2.24) is 5.32 Å². The molecule has 24 heavy (non-hydrogen) atoms. The number of furan rings is 1. The minimum atomic E-state index is -2.98. The number of carbonyl (C=O) groups excluding carboxylic acids is 1. The summed E-state index contributed by atoms with van der Waals surface area (Å²) >= 11 is 0. The van der Waals surface area contributed by atoms with Gasteiger partial charge in [0.05, 0.1) is 17.6 Å². The van der Waals surface area contributed by atoms with Gasteiger partial charge in [0.2, 0.25) is 0 Å². The molecule has 4 rings (SSSR count). The van der Waals surface area contributed by atoms with E-state index in [-0.39, 0.29) is 28.2 Å². The van der Waals surface area contributed by atoms with E-state index in [4.69, 9.17) is 9.15 Å². The predicted octanol–water partition coefficient (Wildman–Crippen LogP) is 2.28. The lowest BCUT2D eigenvalue weighted by Gasteiger charge is -2.28. The molecule has 2 fully saturated rings. The first-order valence-corrected chi connectivity index (χ1v) is 9.70. The zero-order valence-corrected chi connectivity index (χ0v) is 14.1. The molecule has 2 aromatic rings. The normalized spacial score (nSPS) is 28.0. The van der Waals surface area contributed by atoms with Crippen molar-refractivity contribution in [2.24, 2.45) is 0 Å². The number of nitrogens with one attached hydrogen (secondary N) is 1. The summed E-state index contributed by atoms with van der Waals surface area (Å²) in [5.41, 5.74) is 0.538. The van der Waals surface area contributed by atoms with Gasteiger partial charge in [-0.2, -0.15) is 0 Å². The highest BCUT2D eigenvalue weighted by Crippen LogP contribution is 2.38. The molecule has 2 unspecified atom stereocenters. The molecular weight excluding hydrogens is 330 g/mol. The number of methoxy groups -OCH3 is 1. The molecule has 2 saturated heterocycles. The first-order chi connectivity index (χ1) is 11.5. The number of carbonyl (C=O) groups is 1. The van der Waals surface area contributed by atoms with E-state index in [0.717, 1.165) is 5.39 Å². The zero-order valence-electron chi connectivity index (χ0n) is 13.3. The lowest BCUT2D eigenvalue weighted by molar-refractivity contribution is 0.0906. The molecule has 2 atom stereocenters. The van der Waals surface area contributed by atoms with E-state index < -0.39 is 9.84 Å². The number of rotatable bonds is 3. The van der Waals surface area contributed by atoms with Crippen molar-refractivity contribution in [3.63, 3.8) is 0 Å². The number of ether oxygens (including phenoxy) is 1. The summed E-state index contributed by atoms with van der Waals surface area (Å²) in [5, 5.41) is 3.12. The topological polar surface area (TPSA) is 85.6 Å². The zero-order chi connectivity index (χ0) is 16.9. The Balaban J connectivity index is 1.53. The second-order valence-electron chi connectivity index (χ2n) is 6.54. The Bertz CT molecular complexity index is 881. The SMILES string of the molecule is COc1cccc2cc(C(=O)NC3CC4CCC(C3)S4(=O)=O)oc12. The maximum Gasteiger partial charge on any atom is 0.287 e. The van der Waals surface area contributed by atoms with Crippen molar-refractivity contribution in [2.75, 3.05) is 7.11 Å². The summed E-state index contributed by atoms with van der Waals surface area (Å²) in [4.78, 5) is 12.5. The van der Waals surface area contributed by atoms with Crippen LogP contribution in [0, 0.1) is 0 Å². The average molecular weight is 349 g/mol. The third kappa shape index (κ3) is 2.38. The van der Waals surface area contributed by atoms with Gasteiger partial charge in [0.25, 0.3) is 5.91 Å². The highest BCUT2D eigenvalue weighted by molar-refractivity contribution is 7.93. The number of hydrogen-bond acceptors (Lipinski definition) is 5. The van der Waals surface area contributed by atoms with E-state index in [2.05, 4.69) is 5.32 Å². The molecular formula is C17H19NO5S. The standard InChI is InChI=1S/C17H19NO5S/c1-22-14-4-2-3-10-7-15(23-16(10)14)17(19)18-11-8-12-5-6-13(9-11)24(12,20)21/h2-4,7,11-13H,5-6,8-9H2,1H3,(H,18,19). The van der Waals surface area contributed by atoms with Crippen LogP contribution in [0.15, 0.2) is 28.7 Å². The molecule has 6 nitrogen and oxygen atoms in total. The maximum atomic E-state index is 12.5. The van der Waals surface area contributed by atoms with Gasteiger partial charge in [0.1, 0.15) is 0 Å². The Morgan fingerprint density at radius 1 is 1.25 bits per heavy atom. The van der Waals surface area contributed by atoms with Gasteiger partial charge in [-0.25, -0.2) is 8.42 Å². The van der Waals surface area contributed by atoms with Crippen LogP contribution in [0.3, 0.4) is 0 Å². The summed E-state index contributed by atoms with van der Waals surface area (Å²) in [7, 11) is -1.43. The molecule has 1 aromatic carbocycles. The van der Waals surface area contributed by atoms with Crippen LogP contribution in [0.4, 0.5) is 0 Å². The van der Waals surface area contributed by atoms with E-state index in [1.165, 1.54) is 0 Å². The van der Waals surface area contributed by atoms with Gasteiger partial charge in [-0.05, 0) is 37.8 Å².